The molecule has 9 aromatic carbocycles. The van der Waals surface area contributed by atoms with Gasteiger partial charge in [0.25, 0.3) is 0 Å². The molecule has 0 N–H and O–H groups in total. The van der Waals surface area contributed by atoms with Gasteiger partial charge in [-0.1, -0.05) is 146 Å². The predicted octanol–water partition coefficient (Wildman–Crippen LogP) is 13.7. The molecule has 0 amide bonds. The Kier molecular flexibility index (Phi) is 6.25. The van der Waals surface area contributed by atoms with E-state index in [0.717, 1.165) is 22.3 Å². The fraction of sp³-hybridized carbons (Fsp3) is 0. The van der Waals surface area contributed by atoms with Crippen molar-refractivity contribution in [2.45, 2.75) is 0 Å². The van der Waals surface area contributed by atoms with Crippen molar-refractivity contribution in [3.8, 4) is 44.7 Å². The van der Waals surface area contributed by atoms with Gasteiger partial charge in [0.2, 0.25) is 0 Å². The summed E-state index contributed by atoms with van der Waals surface area (Å²) < 4.78 is 6.19. The van der Waals surface area contributed by atoms with Crippen LogP contribution in [0.5, 0.6) is 0 Å². The van der Waals surface area contributed by atoms with Crippen LogP contribution in [0.1, 0.15) is 0 Å². The lowest BCUT2D eigenvalue weighted by molar-refractivity contribution is 0.631. The maximum atomic E-state index is 6.19. The van der Waals surface area contributed by atoms with Crippen LogP contribution in [-0.2, 0) is 0 Å². The van der Waals surface area contributed by atoms with Crippen LogP contribution in [0, 0.1) is 0 Å². The number of rotatable bonds is 4. The zero-order chi connectivity index (χ0) is 32.3. The Hall–Kier alpha value is -6.44. The largest absolute Gasteiger partial charge is 0.456 e. The van der Waals surface area contributed by atoms with E-state index >= 15 is 0 Å². The monoisotopic (exact) mass is 622 g/mol. The molecule has 0 unspecified atom stereocenters. The Labute approximate surface area is 284 Å². The fourth-order valence-corrected chi connectivity index (χ4v) is 7.65. The van der Waals surface area contributed by atoms with Crippen LogP contribution in [0.4, 0.5) is 0 Å². The molecule has 0 aliphatic heterocycles. The lowest BCUT2D eigenvalue weighted by Gasteiger charge is -2.18. The van der Waals surface area contributed by atoms with E-state index in [2.05, 4.69) is 164 Å². The van der Waals surface area contributed by atoms with Gasteiger partial charge in [0.1, 0.15) is 11.3 Å². The molecule has 0 aliphatic rings. The van der Waals surface area contributed by atoms with E-state index in [1.165, 1.54) is 76.5 Å². The number of furan rings is 1. The van der Waals surface area contributed by atoms with Gasteiger partial charge in [0.15, 0.2) is 0 Å². The van der Waals surface area contributed by atoms with E-state index in [0.29, 0.717) is 0 Å². The lowest BCUT2D eigenvalue weighted by Crippen LogP contribution is -1.91. The van der Waals surface area contributed by atoms with E-state index in [9.17, 15) is 0 Å². The molecule has 0 saturated heterocycles. The van der Waals surface area contributed by atoms with Gasteiger partial charge in [-0.2, -0.15) is 0 Å². The van der Waals surface area contributed by atoms with Crippen LogP contribution in [0.2, 0.25) is 0 Å². The molecule has 0 saturated carbocycles. The summed E-state index contributed by atoms with van der Waals surface area (Å²) >= 11 is 0. The van der Waals surface area contributed by atoms with Crippen molar-refractivity contribution in [2.75, 3.05) is 0 Å². The highest BCUT2D eigenvalue weighted by Gasteiger charge is 2.17. The molecule has 228 valence electrons. The highest BCUT2D eigenvalue weighted by Crippen LogP contribution is 2.45. The van der Waals surface area contributed by atoms with Crippen molar-refractivity contribution in [1.29, 1.82) is 0 Å². The molecule has 0 fully saturated rings. The summed E-state index contributed by atoms with van der Waals surface area (Å²) in [6.45, 7) is 0. The van der Waals surface area contributed by atoms with Crippen molar-refractivity contribution in [1.82, 2.24) is 0 Å². The molecule has 0 radical (unpaired) electrons. The molecule has 10 rings (SSSR count). The summed E-state index contributed by atoms with van der Waals surface area (Å²) in [4.78, 5) is 0. The lowest BCUT2D eigenvalue weighted by atomic mass is 9.85. The topological polar surface area (TPSA) is 13.1 Å². The first-order valence-electron chi connectivity index (χ1n) is 16.8. The van der Waals surface area contributed by atoms with E-state index < -0.39 is 0 Å². The summed E-state index contributed by atoms with van der Waals surface area (Å²) in [5, 5.41) is 11.1. The zero-order valence-corrected chi connectivity index (χ0v) is 26.7. The summed E-state index contributed by atoms with van der Waals surface area (Å²) in [5.41, 5.74) is 9.42. The molecule has 0 atom stereocenters. The van der Waals surface area contributed by atoms with Gasteiger partial charge in [0, 0.05) is 10.9 Å². The third-order valence-electron chi connectivity index (χ3n) is 10.0. The molecule has 0 aliphatic carbocycles. The van der Waals surface area contributed by atoms with E-state index in [4.69, 9.17) is 4.42 Å². The van der Waals surface area contributed by atoms with Crippen LogP contribution in [0.3, 0.4) is 0 Å². The van der Waals surface area contributed by atoms with Gasteiger partial charge in [-0.05, 0) is 113 Å². The molecule has 1 aromatic heterocycles. The van der Waals surface area contributed by atoms with Gasteiger partial charge in [-0.3, -0.25) is 0 Å². The van der Waals surface area contributed by atoms with Crippen molar-refractivity contribution in [3.63, 3.8) is 0 Å². The number of para-hydroxylation sites is 1. The van der Waals surface area contributed by atoms with Crippen LogP contribution in [-0.4, -0.2) is 0 Å². The molecule has 1 heteroatoms. The molecule has 1 nitrogen and oxygen atoms in total. The standard InChI is InChI=1S/C48H30O/c1-2-11-32-26-34(21-20-31(32)10-1)33-13-9-14-39(28-33)47-41-15-4-6-17-43(41)48(44-18-7-5-16-42(44)47)40-25-23-35-27-38(24-22-36(35)29-40)46-30-37-12-3-8-19-45(37)49-46/h1-30H. The zero-order valence-electron chi connectivity index (χ0n) is 26.7. The molecule has 0 bridgehead atoms. The Morgan fingerprint density at radius 1 is 0.265 bits per heavy atom. The van der Waals surface area contributed by atoms with E-state index in [-0.39, 0.29) is 0 Å². The smallest absolute Gasteiger partial charge is 0.135 e. The van der Waals surface area contributed by atoms with Crippen molar-refractivity contribution < 1.29 is 4.42 Å². The Balaban J connectivity index is 1.13. The highest BCUT2D eigenvalue weighted by atomic mass is 16.3. The van der Waals surface area contributed by atoms with E-state index in [1.54, 1.807) is 0 Å². The van der Waals surface area contributed by atoms with Gasteiger partial charge in [0.05, 0.1) is 0 Å². The van der Waals surface area contributed by atoms with Gasteiger partial charge in [-0.25, -0.2) is 0 Å². The second-order valence-corrected chi connectivity index (χ2v) is 12.9. The number of fused-ring (bicyclic) bond motifs is 5. The highest BCUT2D eigenvalue weighted by molar-refractivity contribution is 6.22. The first-order chi connectivity index (χ1) is 24.3. The van der Waals surface area contributed by atoms with E-state index in [1.807, 2.05) is 18.2 Å². The van der Waals surface area contributed by atoms with Crippen LogP contribution in [0.25, 0.3) is 98.8 Å². The minimum absolute atomic E-state index is 0.893. The molecule has 0 spiro atoms. The average Bonchev–Trinajstić information content (AvgIpc) is 3.61. The predicted molar refractivity (Wildman–Crippen MR) is 208 cm³/mol. The van der Waals surface area contributed by atoms with Gasteiger partial charge < -0.3 is 4.42 Å². The summed E-state index contributed by atoms with van der Waals surface area (Å²) in [6.07, 6.45) is 0. The van der Waals surface area contributed by atoms with Crippen LogP contribution in [0.15, 0.2) is 186 Å². The maximum Gasteiger partial charge on any atom is 0.135 e. The Morgan fingerprint density at radius 2 is 0.714 bits per heavy atom. The SMILES string of the molecule is c1cc(-c2ccc3ccccc3c2)cc(-c2c3ccccc3c(-c3ccc4cc(-c5cc6ccccc6o5)ccc4c3)c3ccccc23)c1. The normalized spacial score (nSPS) is 11.7. The molecule has 49 heavy (non-hydrogen) atoms. The first kappa shape index (κ1) is 27.7. The van der Waals surface area contributed by atoms with Gasteiger partial charge in [-0.15, -0.1) is 0 Å². The second kappa shape index (κ2) is 11.1. The molecular weight excluding hydrogens is 593 g/mol. The quantitative estimate of drug-likeness (QED) is 0.178. The summed E-state index contributed by atoms with van der Waals surface area (Å²) in [6, 6.07) is 65.9. The minimum Gasteiger partial charge on any atom is -0.456 e. The second-order valence-electron chi connectivity index (χ2n) is 12.9. The van der Waals surface area contributed by atoms with Gasteiger partial charge >= 0.3 is 0 Å². The molecule has 1 heterocycles. The first-order valence-corrected chi connectivity index (χ1v) is 16.8. The maximum absolute atomic E-state index is 6.19. The third kappa shape index (κ3) is 4.63. The Morgan fingerprint density at radius 3 is 1.41 bits per heavy atom. The average molecular weight is 623 g/mol. The summed E-state index contributed by atoms with van der Waals surface area (Å²) in [7, 11) is 0. The van der Waals surface area contributed by atoms with Crippen molar-refractivity contribution in [2.24, 2.45) is 0 Å². The summed E-state index contributed by atoms with van der Waals surface area (Å²) in [5.74, 6) is 0.893. The molecule has 10 aromatic rings. The number of hydrogen-bond acceptors (Lipinski definition) is 1. The van der Waals surface area contributed by atoms with Crippen LogP contribution >= 0.6 is 0 Å². The minimum atomic E-state index is 0.893. The Bertz CT molecular complexity index is 2800. The number of benzene rings is 9. The molecular formula is C48H30O. The number of hydrogen-bond donors (Lipinski definition) is 0. The third-order valence-corrected chi connectivity index (χ3v) is 10.0. The van der Waals surface area contributed by atoms with Crippen molar-refractivity contribution in [3.05, 3.63) is 182 Å². The fourth-order valence-electron chi connectivity index (χ4n) is 7.65. The van der Waals surface area contributed by atoms with Crippen LogP contribution < -0.4 is 0 Å². The van der Waals surface area contributed by atoms with Crippen molar-refractivity contribution >= 4 is 54.1 Å².